The third-order valence-corrected chi connectivity index (χ3v) is 7.34. The zero-order valence-corrected chi connectivity index (χ0v) is 19.5. The van der Waals surface area contributed by atoms with Crippen LogP contribution in [-0.2, 0) is 0 Å². The Morgan fingerprint density at radius 3 is 2.50 bits per heavy atom. The first-order valence-corrected chi connectivity index (χ1v) is 11.9. The van der Waals surface area contributed by atoms with Crippen molar-refractivity contribution in [2.45, 2.75) is 64.1 Å². The van der Waals surface area contributed by atoms with Gasteiger partial charge in [-0.15, -0.1) is 0 Å². The van der Waals surface area contributed by atoms with E-state index < -0.39 is 0 Å². The van der Waals surface area contributed by atoms with Crippen LogP contribution in [0.5, 0.6) is 5.75 Å². The maximum absolute atomic E-state index is 10.7. The first kappa shape index (κ1) is 21.0. The molecule has 1 aliphatic heterocycles. The summed E-state index contributed by atoms with van der Waals surface area (Å²) in [4.78, 5) is 6.72. The number of aryl methyl sites for hydroxylation is 1. The number of phenols is 1. The molecule has 2 N–H and O–H groups in total. The number of benzene rings is 1. The van der Waals surface area contributed by atoms with Gasteiger partial charge in [0.25, 0.3) is 0 Å². The lowest BCUT2D eigenvalue weighted by atomic mass is 9.94. The topological polar surface area (TPSA) is 53.3 Å². The second-order valence-corrected chi connectivity index (χ2v) is 9.36. The number of hydrogen-bond donors (Lipinski definition) is 2. The van der Waals surface area contributed by atoms with Crippen molar-refractivity contribution < 1.29 is 5.11 Å². The van der Waals surface area contributed by atoms with Crippen LogP contribution in [0.4, 0.5) is 5.69 Å². The largest absolute Gasteiger partial charge is 0.506 e. The molecule has 0 bridgehead atoms. The molecule has 5 rings (SSSR count). The molecule has 0 radical (unpaired) electrons. The van der Waals surface area contributed by atoms with Gasteiger partial charge in [0.1, 0.15) is 5.75 Å². The highest BCUT2D eigenvalue weighted by atomic mass is 32.1. The number of hydrogen-bond acceptors (Lipinski definition) is 3. The molecule has 0 unspecified atom stereocenters. The zero-order chi connectivity index (χ0) is 22.2. The van der Waals surface area contributed by atoms with E-state index >= 15 is 0 Å². The lowest BCUT2D eigenvalue weighted by Crippen LogP contribution is -2.29. The highest BCUT2D eigenvalue weighted by molar-refractivity contribution is 7.80. The Morgan fingerprint density at radius 1 is 1.03 bits per heavy atom. The second kappa shape index (κ2) is 8.58. The Morgan fingerprint density at radius 2 is 1.78 bits per heavy atom. The molecule has 0 spiro atoms. The van der Waals surface area contributed by atoms with E-state index in [-0.39, 0.29) is 17.8 Å². The molecule has 2 atom stereocenters. The molecule has 3 heterocycles. The summed E-state index contributed by atoms with van der Waals surface area (Å²) in [6, 6.07) is 16.1. The molecule has 2 aliphatic rings. The molecule has 6 heteroatoms. The Labute approximate surface area is 195 Å². The van der Waals surface area contributed by atoms with Crippen molar-refractivity contribution in [1.29, 1.82) is 0 Å². The summed E-state index contributed by atoms with van der Waals surface area (Å²) >= 11 is 5.81. The minimum absolute atomic E-state index is 0.103. The lowest BCUT2D eigenvalue weighted by Gasteiger charge is -2.30. The van der Waals surface area contributed by atoms with Gasteiger partial charge in [0.05, 0.1) is 23.5 Å². The monoisotopic (exact) mass is 446 g/mol. The summed E-state index contributed by atoms with van der Waals surface area (Å²) in [6.45, 7) is 4.45. The van der Waals surface area contributed by atoms with E-state index in [1.54, 1.807) is 6.07 Å². The van der Waals surface area contributed by atoms with Crippen molar-refractivity contribution in [2.24, 2.45) is 0 Å². The van der Waals surface area contributed by atoms with Gasteiger partial charge in [-0.1, -0.05) is 37.5 Å². The minimum Gasteiger partial charge on any atom is -0.506 e. The molecule has 2 aromatic heterocycles. The number of anilines is 1. The van der Waals surface area contributed by atoms with E-state index in [1.165, 1.54) is 49.1 Å². The fourth-order valence-corrected chi connectivity index (χ4v) is 5.94. The second-order valence-electron chi connectivity index (χ2n) is 8.97. The van der Waals surface area contributed by atoms with Crippen LogP contribution in [-0.4, -0.2) is 19.8 Å². The standard InChI is InChI=1S/C26H30N4OS/c1-17-16-20(18(2)29(17)19-10-4-3-5-11-19)25-24(21-12-8-9-15-27-21)28-26(32)30(25)22-13-6-7-14-23(22)31/h6-9,12-16,19,24-25,31H,3-5,10-11H2,1-2H3,(H,28,32)/t24-,25-/m1/s1. The van der Waals surface area contributed by atoms with Gasteiger partial charge < -0.3 is 19.9 Å². The lowest BCUT2D eigenvalue weighted by molar-refractivity contribution is 0.345. The van der Waals surface area contributed by atoms with Crippen molar-refractivity contribution in [3.63, 3.8) is 0 Å². The van der Waals surface area contributed by atoms with Crippen LogP contribution in [0, 0.1) is 13.8 Å². The fourth-order valence-electron chi connectivity index (χ4n) is 5.60. The summed E-state index contributed by atoms with van der Waals surface area (Å²) < 4.78 is 2.54. The Bertz CT molecular complexity index is 1120. The maximum Gasteiger partial charge on any atom is 0.174 e. The van der Waals surface area contributed by atoms with Crippen LogP contribution >= 0.6 is 12.2 Å². The predicted octanol–water partition coefficient (Wildman–Crippen LogP) is 5.89. The zero-order valence-electron chi connectivity index (χ0n) is 18.7. The Balaban J connectivity index is 1.65. The molecule has 0 amide bonds. The maximum atomic E-state index is 10.7. The normalized spacial score (nSPS) is 21.7. The van der Waals surface area contributed by atoms with E-state index in [4.69, 9.17) is 12.2 Å². The van der Waals surface area contributed by atoms with Crippen LogP contribution in [0.25, 0.3) is 0 Å². The predicted molar refractivity (Wildman–Crippen MR) is 132 cm³/mol. The third kappa shape index (κ3) is 3.56. The van der Waals surface area contributed by atoms with E-state index in [9.17, 15) is 5.11 Å². The van der Waals surface area contributed by atoms with Crippen LogP contribution in [0.1, 0.15) is 72.9 Å². The molecule has 3 aromatic rings. The molecule has 1 aliphatic carbocycles. The highest BCUT2D eigenvalue weighted by Gasteiger charge is 2.43. The number of aromatic nitrogens is 2. The van der Waals surface area contributed by atoms with Gasteiger partial charge in [-0.3, -0.25) is 4.98 Å². The summed E-state index contributed by atoms with van der Waals surface area (Å²) in [5.41, 5.74) is 5.47. The van der Waals surface area contributed by atoms with E-state index in [0.717, 1.165) is 11.4 Å². The first-order chi connectivity index (χ1) is 15.6. The van der Waals surface area contributed by atoms with E-state index in [0.29, 0.717) is 11.2 Å². The molecule has 1 aromatic carbocycles. The first-order valence-electron chi connectivity index (χ1n) is 11.5. The summed E-state index contributed by atoms with van der Waals surface area (Å²) in [6.07, 6.45) is 8.24. The van der Waals surface area contributed by atoms with Gasteiger partial charge in [-0.2, -0.15) is 0 Å². The van der Waals surface area contributed by atoms with Gasteiger partial charge in [0.2, 0.25) is 0 Å². The van der Waals surface area contributed by atoms with Gasteiger partial charge in [0.15, 0.2) is 5.11 Å². The van der Waals surface area contributed by atoms with E-state index in [1.807, 2.05) is 42.6 Å². The summed E-state index contributed by atoms with van der Waals surface area (Å²) in [5.74, 6) is 0.226. The quantitative estimate of drug-likeness (QED) is 0.490. The van der Waals surface area contributed by atoms with E-state index in [2.05, 4.69) is 39.7 Å². The number of aromatic hydroxyl groups is 1. The third-order valence-electron chi connectivity index (χ3n) is 7.02. The molecular weight excluding hydrogens is 416 g/mol. The molecule has 32 heavy (non-hydrogen) atoms. The van der Waals surface area contributed by atoms with Gasteiger partial charge in [0, 0.05) is 23.6 Å². The number of thiocarbonyl (C=S) groups is 1. The van der Waals surface area contributed by atoms with Crippen LogP contribution in [0.2, 0.25) is 0 Å². The average Bonchev–Trinajstić information content (AvgIpc) is 3.30. The van der Waals surface area contributed by atoms with Gasteiger partial charge >= 0.3 is 0 Å². The van der Waals surface area contributed by atoms with Crippen LogP contribution in [0.15, 0.2) is 54.7 Å². The summed E-state index contributed by atoms with van der Waals surface area (Å²) in [7, 11) is 0. The molecule has 5 nitrogen and oxygen atoms in total. The molecule has 2 fully saturated rings. The number of pyridine rings is 1. The number of nitrogens with one attached hydrogen (secondary N) is 1. The fraction of sp³-hybridized carbons (Fsp3) is 0.385. The summed E-state index contributed by atoms with van der Waals surface area (Å²) in [5, 5.41) is 14.8. The average molecular weight is 447 g/mol. The van der Waals surface area contributed by atoms with Crippen molar-refractivity contribution in [3.8, 4) is 5.75 Å². The molecule has 166 valence electrons. The van der Waals surface area contributed by atoms with Crippen molar-refractivity contribution in [3.05, 3.63) is 77.4 Å². The number of phenolic OH excluding ortho intramolecular Hbond substituents is 1. The molecular formula is C26H30N4OS. The van der Waals surface area contributed by atoms with Crippen molar-refractivity contribution in [1.82, 2.24) is 14.9 Å². The minimum atomic E-state index is -0.108. The molecule has 1 saturated heterocycles. The van der Waals surface area contributed by atoms with Gasteiger partial charge in [-0.25, -0.2) is 0 Å². The van der Waals surface area contributed by atoms with Crippen LogP contribution < -0.4 is 10.2 Å². The van der Waals surface area contributed by atoms with Crippen LogP contribution in [0.3, 0.4) is 0 Å². The number of nitrogens with zero attached hydrogens (tertiary/aromatic N) is 3. The SMILES string of the molecule is Cc1cc([C@@H]2[C@@H](c3ccccn3)NC(=S)N2c2ccccc2O)c(C)n1C1CCCCC1. The van der Waals surface area contributed by atoms with Gasteiger partial charge in [-0.05, 0) is 74.8 Å². The Hall–Kier alpha value is -2.86. The molecule has 1 saturated carbocycles. The Kier molecular flexibility index (Phi) is 5.64. The highest BCUT2D eigenvalue weighted by Crippen LogP contribution is 2.46. The van der Waals surface area contributed by atoms with Crippen molar-refractivity contribution >= 4 is 23.0 Å². The van der Waals surface area contributed by atoms with Crippen molar-refractivity contribution in [2.75, 3.05) is 4.90 Å². The number of rotatable bonds is 4. The smallest absolute Gasteiger partial charge is 0.174 e. The number of para-hydroxylation sites is 2.